The van der Waals surface area contributed by atoms with E-state index in [0.717, 1.165) is 4.31 Å². The maximum atomic E-state index is 12.2. The molecular formula is C10H13ClN2O3S. The van der Waals surface area contributed by atoms with Gasteiger partial charge in [0.1, 0.15) is 4.90 Å². The molecule has 1 heterocycles. The number of aromatic nitrogens is 1. The summed E-state index contributed by atoms with van der Waals surface area (Å²) < 4.78 is 25.4. The maximum absolute atomic E-state index is 12.2. The van der Waals surface area contributed by atoms with Gasteiger partial charge in [-0.15, -0.1) is 6.58 Å². The van der Waals surface area contributed by atoms with Gasteiger partial charge in [0.05, 0.1) is 11.6 Å². The zero-order valence-corrected chi connectivity index (χ0v) is 10.7. The van der Waals surface area contributed by atoms with Crippen LogP contribution >= 0.6 is 11.6 Å². The molecule has 0 unspecified atom stereocenters. The zero-order valence-electron chi connectivity index (χ0n) is 9.08. The van der Waals surface area contributed by atoms with Crippen LogP contribution in [0.15, 0.2) is 36.0 Å². The average Bonchev–Trinajstić information content (AvgIpc) is 2.29. The summed E-state index contributed by atoms with van der Waals surface area (Å²) in [5.74, 6) is 0. The lowest BCUT2D eigenvalue weighted by atomic mass is 10.5. The molecule has 0 saturated carbocycles. The molecule has 1 rings (SSSR count). The van der Waals surface area contributed by atoms with E-state index in [1.165, 1.54) is 24.5 Å². The lowest BCUT2D eigenvalue weighted by Crippen LogP contribution is -2.34. The van der Waals surface area contributed by atoms with E-state index in [-0.39, 0.29) is 29.6 Å². The van der Waals surface area contributed by atoms with Gasteiger partial charge in [-0.25, -0.2) is 8.42 Å². The summed E-state index contributed by atoms with van der Waals surface area (Å²) in [6.45, 7) is 3.29. The summed E-state index contributed by atoms with van der Waals surface area (Å²) >= 11 is 5.82. The molecule has 0 atom stereocenters. The minimum absolute atomic E-state index is 0.0143. The number of aliphatic hydroxyl groups is 1. The molecule has 0 radical (unpaired) electrons. The molecule has 1 N–H and O–H groups in total. The van der Waals surface area contributed by atoms with E-state index in [2.05, 4.69) is 11.6 Å². The fraction of sp³-hybridized carbons (Fsp3) is 0.300. The highest BCUT2D eigenvalue weighted by molar-refractivity contribution is 7.89. The molecule has 1 aromatic rings. The molecule has 0 saturated heterocycles. The first kappa shape index (κ1) is 14.1. The first-order valence-corrected chi connectivity index (χ1v) is 6.67. The molecule has 7 heteroatoms. The van der Waals surface area contributed by atoms with E-state index in [4.69, 9.17) is 16.7 Å². The summed E-state index contributed by atoms with van der Waals surface area (Å²) in [6.07, 6.45) is 4.04. The molecule has 0 bridgehead atoms. The molecule has 17 heavy (non-hydrogen) atoms. The maximum Gasteiger partial charge on any atom is 0.246 e. The second-order valence-electron chi connectivity index (χ2n) is 3.18. The topological polar surface area (TPSA) is 70.5 Å². The Balaban J connectivity index is 3.16. The van der Waals surface area contributed by atoms with Crippen LogP contribution in [-0.4, -0.2) is 42.5 Å². The summed E-state index contributed by atoms with van der Waals surface area (Å²) in [5.41, 5.74) is 0. The number of nitrogens with zero attached hydrogens (tertiary/aromatic N) is 2. The van der Waals surface area contributed by atoms with Gasteiger partial charge in [0.25, 0.3) is 0 Å². The van der Waals surface area contributed by atoms with Crippen molar-refractivity contribution in [3.63, 3.8) is 0 Å². The van der Waals surface area contributed by atoms with Crippen LogP contribution in [0.4, 0.5) is 0 Å². The van der Waals surface area contributed by atoms with Crippen molar-refractivity contribution in [3.05, 3.63) is 36.1 Å². The third kappa shape index (κ3) is 3.26. The largest absolute Gasteiger partial charge is 0.395 e. The van der Waals surface area contributed by atoms with Crippen molar-refractivity contribution in [1.82, 2.24) is 9.29 Å². The molecule has 0 aromatic carbocycles. The van der Waals surface area contributed by atoms with Crippen LogP contribution in [0.25, 0.3) is 0 Å². The lowest BCUT2D eigenvalue weighted by molar-refractivity contribution is 0.260. The van der Waals surface area contributed by atoms with Gasteiger partial charge in [-0.3, -0.25) is 4.98 Å². The van der Waals surface area contributed by atoms with E-state index in [0.29, 0.717) is 0 Å². The summed E-state index contributed by atoms with van der Waals surface area (Å²) in [7, 11) is -3.75. The number of sulfonamides is 1. The Labute approximate surface area is 105 Å². The third-order valence-corrected chi connectivity index (χ3v) is 4.37. The van der Waals surface area contributed by atoms with Crippen LogP contribution in [0.5, 0.6) is 0 Å². The highest BCUT2D eigenvalue weighted by Gasteiger charge is 2.25. The number of hydrogen-bond acceptors (Lipinski definition) is 4. The first-order chi connectivity index (χ1) is 8.04. The number of aliphatic hydroxyl groups excluding tert-OH is 1. The predicted molar refractivity (Wildman–Crippen MR) is 65.3 cm³/mol. The summed E-state index contributed by atoms with van der Waals surface area (Å²) in [5, 5.41) is 8.96. The molecule has 0 aliphatic rings. The van der Waals surface area contributed by atoms with Crippen LogP contribution in [0.1, 0.15) is 0 Å². The molecule has 0 amide bonds. The van der Waals surface area contributed by atoms with Crippen molar-refractivity contribution < 1.29 is 13.5 Å². The monoisotopic (exact) mass is 276 g/mol. The summed E-state index contributed by atoms with van der Waals surface area (Å²) in [6, 6.07) is 1.40. The molecule has 0 spiro atoms. The Kier molecular flexibility index (Phi) is 5.07. The standard InChI is InChI=1S/C10H13ClN2O3S/c1-2-5-13(6-7-14)17(15,16)10-8-12-4-3-9(10)11/h2-4,8,14H,1,5-7H2. The van der Waals surface area contributed by atoms with Crippen molar-refractivity contribution >= 4 is 21.6 Å². The second kappa shape index (κ2) is 6.11. The van der Waals surface area contributed by atoms with Crippen molar-refractivity contribution in [3.8, 4) is 0 Å². The smallest absolute Gasteiger partial charge is 0.246 e. The number of halogens is 1. The number of pyridine rings is 1. The van der Waals surface area contributed by atoms with Crippen LogP contribution < -0.4 is 0 Å². The van der Waals surface area contributed by atoms with Gasteiger partial charge in [-0.05, 0) is 6.07 Å². The molecular weight excluding hydrogens is 264 g/mol. The van der Waals surface area contributed by atoms with Crippen LogP contribution in [0.3, 0.4) is 0 Å². The number of rotatable bonds is 6. The molecule has 0 aliphatic carbocycles. The summed E-state index contributed by atoms with van der Waals surface area (Å²) in [4.78, 5) is 3.66. The van der Waals surface area contributed by atoms with Gasteiger partial charge < -0.3 is 5.11 Å². The van der Waals surface area contributed by atoms with E-state index in [1.807, 2.05) is 0 Å². The van der Waals surface area contributed by atoms with Gasteiger partial charge >= 0.3 is 0 Å². The Morgan fingerprint density at radius 1 is 1.59 bits per heavy atom. The van der Waals surface area contributed by atoms with Crippen LogP contribution in [0, 0.1) is 0 Å². The quantitative estimate of drug-likeness (QED) is 0.784. The van der Waals surface area contributed by atoms with E-state index in [9.17, 15) is 8.42 Å². The van der Waals surface area contributed by atoms with Crippen molar-refractivity contribution in [2.75, 3.05) is 19.7 Å². The molecule has 0 fully saturated rings. The average molecular weight is 277 g/mol. The first-order valence-electron chi connectivity index (χ1n) is 4.85. The van der Waals surface area contributed by atoms with E-state index in [1.54, 1.807) is 0 Å². The molecule has 94 valence electrons. The van der Waals surface area contributed by atoms with Crippen LogP contribution in [0.2, 0.25) is 5.02 Å². The van der Waals surface area contributed by atoms with Gasteiger partial charge in [0, 0.05) is 25.5 Å². The zero-order chi connectivity index (χ0) is 12.9. The Morgan fingerprint density at radius 3 is 2.82 bits per heavy atom. The van der Waals surface area contributed by atoms with Gasteiger partial charge in [0.15, 0.2) is 0 Å². The second-order valence-corrected chi connectivity index (χ2v) is 5.49. The minimum atomic E-state index is -3.75. The molecule has 5 nitrogen and oxygen atoms in total. The number of hydrogen-bond donors (Lipinski definition) is 1. The minimum Gasteiger partial charge on any atom is -0.395 e. The van der Waals surface area contributed by atoms with E-state index < -0.39 is 10.0 Å². The van der Waals surface area contributed by atoms with Crippen LogP contribution in [-0.2, 0) is 10.0 Å². The molecule has 1 aromatic heterocycles. The Hall–Kier alpha value is -0.950. The third-order valence-electron chi connectivity index (χ3n) is 2.03. The lowest BCUT2D eigenvalue weighted by Gasteiger charge is -2.19. The predicted octanol–water partition coefficient (Wildman–Crippen LogP) is 0.904. The molecule has 0 aliphatic heterocycles. The Morgan fingerprint density at radius 2 is 2.29 bits per heavy atom. The normalized spacial score (nSPS) is 11.7. The van der Waals surface area contributed by atoms with E-state index >= 15 is 0 Å². The van der Waals surface area contributed by atoms with Crippen molar-refractivity contribution in [2.24, 2.45) is 0 Å². The highest BCUT2D eigenvalue weighted by atomic mass is 35.5. The van der Waals surface area contributed by atoms with Gasteiger partial charge in [0.2, 0.25) is 10.0 Å². The van der Waals surface area contributed by atoms with Gasteiger partial charge in [-0.2, -0.15) is 4.31 Å². The van der Waals surface area contributed by atoms with Crippen molar-refractivity contribution in [1.29, 1.82) is 0 Å². The van der Waals surface area contributed by atoms with Crippen molar-refractivity contribution in [2.45, 2.75) is 4.90 Å². The fourth-order valence-electron chi connectivity index (χ4n) is 1.26. The Bertz CT molecular complexity index is 490. The highest BCUT2D eigenvalue weighted by Crippen LogP contribution is 2.22. The SMILES string of the molecule is C=CCN(CCO)S(=O)(=O)c1cnccc1Cl. The van der Waals surface area contributed by atoms with Gasteiger partial charge in [-0.1, -0.05) is 17.7 Å². The fourth-order valence-corrected chi connectivity index (χ4v) is 3.07.